The Kier molecular flexibility index (Phi) is 12.2. The first kappa shape index (κ1) is 32.1. The molecule has 0 unspecified atom stereocenters. The zero-order valence-corrected chi connectivity index (χ0v) is 25.0. The van der Waals surface area contributed by atoms with E-state index in [1.165, 1.54) is 24.3 Å². The molecule has 3 aromatic carbocycles. The first-order chi connectivity index (χ1) is 19.6. The van der Waals surface area contributed by atoms with Crippen molar-refractivity contribution in [2.45, 2.75) is 51.6 Å². The molecule has 0 aliphatic rings. The molecule has 3 rings (SSSR count). The number of amides is 2. The van der Waals surface area contributed by atoms with Gasteiger partial charge in [-0.3, -0.25) is 13.9 Å². The lowest BCUT2D eigenvalue weighted by molar-refractivity contribution is -0.141. The van der Waals surface area contributed by atoms with E-state index in [1.807, 2.05) is 49.4 Å². The molecule has 1 atom stereocenters. The van der Waals surface area contributed by atoms with Crippen LogP contribution in [0.5, 0.6) is 0 Å². The van der Waals surface area contributed by atoms with E-state index in [0.717, 1.165) is 34.5 Å². The van der Waals surface area contributed by atoms with Gasteiger partial charge in [0.1, 0.15) is 11.9 Å². The van der Waals surface area contributed by atoms with E-state index in [4.69, 9.17) is 11.6 Å². The third-order valence-electron chi connectivity index (χ3n) is 6.63. The van der Waals surface area contributed by atoms with E-state index in [0.29, 0.717) is 23.7 Å². The number of sulfonamides is 1. The number of anilines is 1. The van der Waals surface area contributed by atoms with E-state index < -0.39 is 21.9 Å². The molecule has 0 fully saturated rings. The zero-order valence-electron chi connectivity index (χ0n) is 23.4. The summed E-state index contributed by atoms with van der Waals surface area (Å²) in [5, 5.41) is 3.54. The summed E-state index contributed by atoms with van der Waals surface area (Å²) in [4.78, 5) is 28.9. The van der Waals surface area contributed by atoms with Crippen LogP contribution in [0.3, 0.4) is 0 Å². The lowest BCUT2D eigenvalue weighted by Gasteiger charge is -2.32. The van der Waals surface area contributed by atoms with Gasteiger partial charge in [-0.05, 0) is 60.4 Å². The lowest BCUT2D eigenvalue weighted by Crippen LogP contribution is -2.50. The summed E-state index contributed by atoms with van der Waals surface area (Å²) in [6.07, 6.45) is 3.34. The molecule has 0 heterocycles. The molecule has 0 aliphatic heterocycles. The molecular formula is C31H37ClFN3O4S. The van der Waals surface area contributed by atoms with E-state index >= 15 is 0 Å². The molecule has 0 saturated carbocycles. The molecule has 10 heteroatoms. The molecule has 0 aliphatic carbocycles. The summed E-state index contributed by atoms with van der Waals surface area (Å²) in [6, 6.07) is 21.0. The Labute approximate surface area is 247 Å². The Hall–Kier alpha value is -3.43. The molecule has 2 amide bonds. The summed E-state index contributed by atoms with van der Waals surface area (Å²) in [5.74, 6) is -0.996. The largest absolute Gasteiger partial charge is 0.354 e. The maximum atomic E-state index is 13.8. The smallest absolute Gasteiger partial charge is 0.243 e. The Morgan fingerprint density at radius 3 is 2.20 bits per heavy atom. The van der Waals surface area contributed by atoms with Gasteiger partial charge < -0.3 is 10.2 Å². The summed E-state index contributed by atoms with van der Waals surface area (Å²) < 4.78 is 39.6. The second kappa shape index (κ2) is 15.5. The molecule has 41 heavy (non-hydrogen) atoms. The predicted octanol–water partition coefficient (Wildman–Crippen LogP) is 5.58. The standard InChI is InChI=1S/C31H37ClFN3O4S/c1-3-4-20-34-31(38)29(22-24-9-6-5-7-10-24)35(23-25-12-14-26(32)15-13-25)30(37)11-8-21-36(41(2,39)40)28-18-16-27(33)17-19-28/h5-7,9-10,12-19,29H,3-4,8,11,20-23H2,1-2H3,(H,34,38)/t29-/m1/s1. The van der Waals surface area contributed by atoms with Gasteiger partial charge in [0, 0.05) is 37.5 Å². The van der Waals surface area contributed by atoms with Crippen molar-refractivity contribution in [2.75, 3.05) is 23.7 Å². The Morgan fingerprint density at radius 1 is 0.927 bits per heavy atom. The van der Waals surface area contributed by atoms with E-state index in [-0.39, 0.29) is 37.7 Å². The van der Waals surface area contributed by atoms with Gasteiger partial charge >= 0.3 is 0 Å². The average Bonchev–Trinajstić information content (AvgIpc) is 2.94. The second-order valence-electron chi connectivity index (χ2n) is 9.91. The first-order valence-electron chi connectivity index (χ1n) is 13.7. The van der Waals surface area contributed by atoms with Crippen LogP contribution in [-0.4, -0.2) is 50.5 Å². The minimum absolute atomic E-state index is 0.00827. The third kappa shape index (κ3) is 10.2. The van der Waals surface area contributed by atoms with E-state index in [1.54, 1.807) is 17.0 Å². The van der Waals surface area contributed by atoms with Crippen molar-refractivity contribution < 1.29 is 22.4 Å². The van der Waals surface area contributed by atoms with Crippen LogP contribution in [0.25, 0.3) is 0 Å². The van der Waals surface area contributed by atoms with Crippen LogP contribution >= 0.6 is 11.6 Å². The van der Waals surface area contributed by atoms with Gasteiger partial charge in [0.15, 0.2) is 0 Å². The number of halogens is 2. The fraction of sp³-hybridized carbons (Fsp3) is 0.355. The summed E-state index contributed by atoms with van der Waals surface area (Å²) in [7, 11) is -3.68. The Bertz CT molecular complexity index is 1370. The predicted molar refractivity (Wildman–Crippen MR) is 162 cm³/mol. The van der Waals surface area contributed by atoms with E-state index in [2.05, 4.69) is 5.32 Å². The van der Waals surface area contributed by atoms with Crippen molar-refractivity contribution in [3.05, 3.63) is 101 Å². The number of hydrogen-bond acceptors (Lipinski definition) is 4. The van der Waals surface area contributed by atoms with Crippen molar-refractivity contribution in [1.82, 2.24) is 10.2 Å². The van der Waals surface area contributed by atoms with Crippen LogP contribution in [0, 0.1) is 5.82 Å². The number of hydrogen-bond donors (Lipinski definition) is 1. The molecule has 0 aromatic heterocycles. The van der Waals surface area contributed by atoms with Crippen molar-refractivity contribution in [1.29, 1.82) is 0 Å². The maximum Gasteiger partial charge on any atom is 0.243 e. The van der Waals surface area contributed by atoms with Gasteiger partial charge in [0.2, 0.25) is 21.8 Å². The summed E-state index contributed by atoms with van der Waals surface area (Å²) in [5.41, 5.74) is 2.04. The number of nitrogens with zero attached hydrogens (tertiary/aromatic N) is 2. The molecule has 0 bridgehead atoms. The number of unbranched alkanes of at least 4 members (excludes halogenated alkanes) is 1. The van der Waals surface area contributed by atoms with Gasteiger partial charge in [-0.2, -0.15) is 0 Å². The number of nitrogens with one attached hydrogen (secondary N) is 1. The highest BCUT2D eigenvalue weighted by atomic mass is 35.5. The van der Waals surface area contributed by atoms with Gasteiger partial charge in [-0.15, -0.1) is 0 Å². The number of carbonyl (C=O) groups excluding carboxylic acids is 2. The molecule has 0 spiro atoms. The van der Waals surface area contributed by atoms with Gasteiger partial charge in [-0.1, -0.05) is 67.4 Å². The molecule has 0 saturated heterocycles. The summed E-state index contributed by atoms with van der Waals surface area (Å²) in [6.45, 7) is 2.75. The second-order valence-corrected chi connectivity index (χ2v) is 12.3. The van der Waals surface area contributed by atoms with Crippen molar-refractivity contribution in [3.63, 3.8) is 0 Å². The minimum Gasteiger partial charge on any atom is -0.354 e. The van der Waals surface area contributed by atoms with Crippen LogP contribution in [0.15, 0.2) is 78.9 Å². The van der Waals surface area contributed by atoms with Gasteiger partial charge in [-0.25, -0.2) is 12.8 Å². The topological polar surface area (TPSA) is 86.8 Å². The molecular weight excluding hydrogens is 565 g/mol. The first-order valence-corrected chi connectivity index (χ1v) is 15.9. The van der Waals surface area contributed by atoms with Crippen LogP contribution in [-0.2, 0) is 32.6 Å². The van der Waals surface area contributed by atoms with Crippen LogP contribution < -0.4 is 9.62 Å². The monoisotopic (exact) mass is 601 g/mol. The number of benzene rings is 3. The molecule has 1 N–H and O–H groups in total. The van der Waals surface area contributed by atoms with Crippen molar-refractivity contribution >= 4 is 39.1 Å². The molecule has 7 nitrogen and oxygen atoms in total. The highest BCUT2D eigenvalue weighted by Crippen LogP contribution is 2.21. The summed E-state index contributed by atoms with van der Waals surface area (Å²) >= 11 is 6.08. The van der Waals surface area contributed by atoms with Crippen LogP contribution in [0.2, 0.25) is 5.02 Å². The molecule has 3 aromatic rings. The minimum atomic E-state index is -3.68. The Balaban J connectivity index is 1.86. The van der Waals surface area contributed by atoms with Crippen molar-refractivity contribution in [3.8, 4) is 0 Å². The van der Waals surface area contributed by atoms with Gasteiger partial charge in [0.05, 0.1) is 11.9 Å². The fourth-order valence-corrected chi connectivity index (χ4v) is 5.55. The number of carbonyl (C=O) groups is 2. The quantitative estimate of drug-likeness (QED) is 0.230. The Morgan fingerprint density at radius 2 is 1.59 bits per heavy atom. The lowest BCUT2D eigenvalue weighted by atomic mass is 10.0. The van der Waals surface area contributed by atoms with Crippen LogP contribution in [0.4, 0.5) is 10.1 Å². The highest BCUT2D eigenvalue weighted by Gasteiger charge is 2.30. The number of rotatable bonds is 15. The van der Waals surface area contributed by atoms with E-state index in [9.17, 15) is 22.4 Å². The maximum absolute atomic E-state index is 13.8. The third-order valence-corrected chi connectivity index (χ3v) is 8.08. The molecule has 0 radical (unpaired) electrons. The molecule has 220 valence electrons. The highest BCUT2D eigenvalue weighted by molar-refractivity contribution is 7.92. The normalized spacial score (nSPS) is 12.0. The zero-order chi connectivity index (χ0) is 29.8. The average molecular weight is 602 g/mol. The van der Waals surface area contributed by atoms with Gasteiger partial charge in [0.25, 0.3) is 0 Å². The van der Waals surface area contributed by atoms with Crippen molar-refractivity contribution in [2.24, 2.45) is 0 Å². The SMILES string of the molecule is CCCCNC(=O)[C@@H](Cc1ccccc1)N(Cc1ccc(Cl)cc1)C(=O)CCCN(c1ccc(F)cc1)S(C)(=O)=O. The van der Waals surface area contributed by atoms with Crippen LogP contribution in [0.1, 0.15) is 43.7 Å². The fourth-order valence-electron chi connectivity index (χ4n) is 4.46.